The van der Waals surface area contributed by atoms with Crippen LogP contribution in [-0.4, -0.2) is 16.3 Å². The first-order valence-corrected chi connectivity index (χ1v) is 3.73. The summed E-state index contributed by atoms with van der Waals surface area (Å²) in [4.78, 5) is 0. The van der Waals surface area contributed by atoms with Gasteiger partial charge in [0.05, 0.1) is 5.69 Å². The van der Waals surface area contributed by atoms with Crippen molar-refractivity contribution in [3.63, 3.8) is 0 Å². The van der Waals surface area contributed by atoms with Gasteiger partial charge in [0.1, 0.15) is 5.82 Å². The van der Waals surface area contributed by atoms with E-state index in [1.54, 1.807) is 4.68 Å². The maximum atomic E-state index is 5.49. The Labute approximate surface area is 90.7 Å². The van der Waals surface area contributed by atoms with Crippen LogP contribution in [0.15, 0.2) is 6.07 Å². The Kier molecular flexibility index (Phi) is 8.10. The van der Waals surface area contributed by atoms with Gasteiger partial charge in [-0.05, 0) is 6.54 Å². The van der Waals surface area contributed by atoms with E-state index in [1.807, 2.05) is 13.1 Å². The van der Waals surface area contributed by atoms with Gasteiger partial charge < -0.3 is 11.1 Å². The summed E-state index contributed by atoms with van der Waals surface area (Å²) in [6.45, 7) is 3.86. The van der Waals surface area contributed by atoms with Crippen molar-refractivity contribution >= 4 is 30.6 Å². The van der Waals surface area contributed by atoms with E-state index in [9.17, 15) is 0 Å². The highest BCUT2D eigenvalue weighted by atomic mass is 35.5. The average Bonchev–Trinajstić information content (AvgIpc) is 2.26. The zero-order chi connectivity index (χ0) is 8.27. The van der Waals surface area contributed by atoms with Crippen LogP contribution in [0, 0.1) is 0 Å². The molecule has 1 aromatic heterocycles. The van der Waals surface area contributed by atoms with Gasteiger partial charge in [-0.3, -0.25) is 4.68 Å². The van der Waals surface area contributed by atoms with Crippen molar-refractivity contribution in [2.24, 2.45) is 7.05 Å². The lowest BCUT2D eigenvalue weighted by molar-refractivity contribution is 0.644. The summed E-state index contributed by atoms with van der Waals surface area (Å²) in [5.74, 6) is 0.584. The summed E-state index contributed by atoms with van der Waals surface area (Å²) in [7, 11) is 1.89. The smallest absolute Gasteiger partial charge is 0.145 e. The second-order valence-corrected chi connectivity index (χ2v) is 2.46. The highest BCUT2D eigenvalue weighted by Gasteiger charge is 1.99. The quantitative estimate of drug-likeness (QED) is 0.808. The van der Waals surface area contributed by atoms with Gasteiger partial charge in [-0.2, -0.15) is 5.10 Å². The number of hydrogen-bond donors (Lipinski definition) is 2. The van der Waals surface area contributed by atoms with E-state index in [0.29, 0.717) is 5.82 Å². The Bertz CT molecular complexity index is 236. The third kappa shape index (κ3) is 4.36. The van der Waals surface area contributed by atoms with Crippen molar-refractivity contribution in [2.45, 2.75) is 13.5 Å². The van der Waals surface area contributed by atoms with Crippen molar-refractivity contribution in [2.75, 3.05) is 12.3 Å². The zero-order valence-electron chi connectivity index (χ0n) is 7.78. The minimum atomic E-state index is 0. The van der Waals surface area contributed by atoms with Gasteiger partial charge >= 0.3 is 0 Å². The number of nitrogens with zero attached hydrogens (tertiary/aromatic N) is 2. The van der Waals surface area contributed by atoms with Crippen LogP contribution in [0.5, 0.6) is 0 Å². The number of nitrogen functional groups attached to an aromatic ring is 1. The monoisotopic (exact) mass is 226 g/mol. The van der Waals surface area contributed by atoms with E-state index in [2.05, 4.69) is 17.3 Å². The first-order valence-electron chi connectivity index (χ1n) is 3.73. The highest BCUT2D eigenvalue weighted by Crippen LogP contribution is 2.02. The molecule has 0 aliphatic carbocycles. The van der Waals surface area contributed by atoms with Gasteiger partial charge in [0.2, 0.25) is 0 Å². The van der Waals surface area contributed by atoms with Crippen LogP contribution in [0.4, 0.5) is 5.82 Å². The molecule has 0 fully saturated rings. The van der Waals surface area contributed by atoms with Crippen LogP contribution >= 0.6 is 24.8 Å². The first kappa shape index (κ1) is 15.0. The molecule has 0 amide bonds. The lowest BCUT2D eigenvalue weighted by atomic mass is 10.4. The molecule has 0 aromatic carbocycles. The van der Waals surface area contributed by atoms with Crippen molar-refractivity contribution in [1.82, 2.24) is 15.1 Å². The Morgan fingerprint density at radius 2 is 2.15 bits per heavy atom. The lowest BCUT2D eigenvalue weighted by Gasteiger charge is -2.00. The molecule has 6 heteroatoms. The summed E-state index contributed by atoms with van der Waals surface area (Å²) in [6.07, 6.45) is 0. The number of anilines is 1. The standard InChI is InChI=1S/C7H14N4.2ClH/c1-3-9-5-6-4-7(8)10-11(6)2;;/h4,9H,3,5H2,1-2H3,(H2,8,10);2*1H. The fraction of sp³-hybridized carbons (Fsp3) is 0.571. The molecular formula is C7H16Cl2N4. The molecule has 13 heavy (non-hydrogen) atoms. The van der Waals surface area contributed by atoms with E-state index in [4.69, 9.17) is 5.73 Å². The first-order chi connectivity index (χ1) is 5.24. The van der Waals surface area contributed by atoms with Gasteiger partial charge in [0.15, 0.2) is 0 Å². The molecule has 0 saturated heterocycles. The summed E-state index contributed by atoms with van der Waals surface area (Å²) in [5.41, 5.74) is 6.61. The zero-order valence-corrected chi connectivity index (χ0v) is 9.41. The molecule has 1 aromatic rings. The van der Waals surface area contributed by atoms with E-state index in [1.165, 1.54) is 0 Å². The van der Waals surface area contributed by atoms with Crippen LogP contribution < -0.4 is 11.1 Å². The van der Waals surface area contributed by atoms with Gasteiger partial charge in [-0.15, -0.1) is 24.8 Å². The van der Waals surface area contributed by atoms with Crippen LogP contribution in [0.25, 0.3) is 0 Å². The number of rotatable bonds is 3. The molecule has 0 aliphatic rings. The minimum absolute atomic E-state index is 0. The van der Waals surface area contributed by atoms with Crippen LogP contribution in [0.1, 0.15) is 12.6 Å². The van der Waals surface area contributed by atoms with E-state index >= 15 is 0 Å². The molecular weight excluding hydrogens is 211 g/mol. The topological polar surface area (TPSA) is 55.9 Å². The molecule has 78 valence electrons. The number of aryl methyl sites for hydroxylation is 1. The molecule has 0 aliphatic heterocycles. The molecule has 0 saturated carbocycles. The summed E-state index contributed by atoms with van der Waals surface area (Å²) >= 11 is 0. The van der Waals surface area contributed by atoms with Crippen LogP contribution in [0.2, 0.25) is 0 Å². The molecule has 1 heterocycles. The minimum Gasteiger partial charge on any atom is -0.382 e. The van der Waals surface area contributed by atoms with Crippen molar-refractivity contribution < 1.29 is 0 Å². The Balaban J connectivity index is 0. The van der Waals surface area contributed by atoms with Crippen LogP contribution in [-0.2, 0) is 13.6 Å². The largest absolute Gasteiger partial charge is 0.382 e. The second-order valence-electron chi connectivity index (χ2n) is 2.46. The molecule has 0 bridgehead atoms. The highest BCUT2D eigenvalue weighted by molar-refractivity contribution is 5.85. The Morgan fingerprint density at radius 1 is 1.54 bits per heavy atom. The van der Waals surface area contributed by atoms with E-state index in [-0.39, 0.29) is 24.8 Å². The molecule has 0 unspecified atom stereocenters. The lowest BCUT2D eigenvalue weighted by Crippen LogP contribution is -2.14. The van der Waals surface area contributed by atoms with Crippen molar-refractivity contribution in [1.29, 1.82) is 0 Å². The van der Waals surface area contributed by atoms with Crippen molar-refractivity contribution in [3.8, 4) is 0 Å². The Hall–Kier alpha value is -0.450. The summed E-state index contributed by atoms with van der Waals surface area (Å²) < 4.78 is 1.79. The maximum absolute atomic E-state index is 5.49. The average molecular weight is 227 g/mol. The molecule has 0 radical (unpaired) electrons. The fourth-order valence-corrected chi connectivity index (χ4v) is 0.949. The number of aromatic nitrogens is 2. The van der Waals surface area contributed by atoms with Gasteiger partial charge in [0.25, 0.3) is 0 Å². The van der Waals surface area contributed by atoms with E-state index < -0.39 is 0 Å². The van der Waals surface area contributed by atoms with Gasteiger partial charge in [-0.25, -0.2) is 0 Å². The summed E-state index contributed by atoms with van der Waals surface area (Å²) in [6, 6.07) is 1.88. The summed E-state index contributed by atoms with van der Waals surface area (Å²) in [5, 5.41) is 7.22. The fourth-order valence-electron chi connectivity index (χ4n) is 0.949. The van der Waals surface area contributed by atoms with Crippen LogP contribution in [0.3, 0.4) is 0 Å². The normalized spacial score (nSPS) is 8.77. The van der Waals surface area contributed by atoms with Gasteiger partial charge in [-0.1, -0.05) is 6.92 Å². The van der Waals surface area contributed by atoms with Crippen molar-refractivity contribution in [3.05, 3.63) is 11.8 Å². The second kappa shape index (κ2) is 7.00. The molecule has 1 rings (SSSR count). The third-order valence-corrected chi connectivity index (χ3v) is 1.55. The predicted octanol–water partition coefficient (Wildman–Crippen LogP) is 0.955. The predicted molar refractivity (Wildman–Crippen MR) is 59.5 cm³/mol. The molecule has 0 spiro atoms. The number of nitrogens with one attached hydrogen (secondary N) is 1. The number of halogens is 2. The molecule has 4 nitrogen and oxygen atoms in total. The maximum Gasteiger partial charge on any atom is 0.145 e. The molecule has 0 atom stereocenters. The number of nitrogens with two attached hydrogens (primary N) is 1. The van der Waals surface area contributed by atoms with Gasteiger partial charge in [0, 0.05) is 19.7 Å². The SMILES string of the molecule is CCNCc1cc(N)nn1C.Cl.Cl. The third-order valence-electron chi connectivity index (χ3n) is 1.55. The Morgan fingerprint density at radius 3 is 2.54 bits per heavy atom. The van der Waals surface area contributed by atoms with E-state index in [0.717, 1.165) is 18.8 Å². The number of hydrogen-bond acceptors (Lipinski definition) is 3. The molecule has 3 N–H and O–H groups in total.